The zero-order valence-electron chi connectivity index (χ0n) is 22.2. The van der Waals surface area contributed by atoms with Crippen LogP contribution in [0.3, 0.4) is 0 Å². The summed E-state index contributed by atoms with van der Waals surface area (Å²) in [6, 6.07) is 19.7. The second-order valence-corrected chi connectivity index (χ2v) is 11.1. The van der Waals surface area contributed by atoms with Crippen LogP contribution in [0, 0.1) is 13.8 Å². The monoisotopic (exact) mass is 524 g/mol. The highest BCUT2D eigenvalue weighted by atomic mass is 32.2. The van der Waals surface area contributed by atoms with Crippen LogP contribution >= 0.6 is 0 Å². The third-order valence-corrected chi connectivity index (χ3v) is 7.51. The summed E-state index contributed by atoms with van der Waals surface area (Å²) in [6.07, 6.45) is 1.56. The van der Waals surface area contributed by atoms with E-state index in [2.05, 4.69) is 5.32 Å². The number of ether oxygens (including phenoxy) is 2. The van der Waals surface area contributed by atoms with Crippen LogP contribution in [0.25, 0.3) is 0 Å². The maximum atomic E-state index is 13.7. The molecule has 37 heavy (non-hydrogen) atoms. The van der Waals surface area contributed by atoms with Gasteiger partial charge in [0.05, 0.1) is 23.8 Å². The first-order valence-corrected chi connectivity index (χ1v) is 13.8. The minimum Gasteiger partial charge on any atom is -0.495 e. The highest BCUT2D eigenvalue weighted by Gasteiger charge is 2.29. The Morgan fingerprint density at radius 2 is 1.68 bits per heavy atom. The minimum absolute atomic E-state index is 0.0979. The number of hydrogen-bond acceptors (Lipinski definition) is 5. The van der Waals surface area contributed by atoms with Gasteiger partial charge < -0.3 is 14.8 Å². The lowest BCUT2D eigenvalue weighted by molar-refractivity contribution is -0.119. The molecule has 0 heterocycles. The number of sulfonamides is 1. The van der Waals surface area contributed by atoms with Crippen molar-refractivity contribution in [3.05, 3.63) is 83.4 Å². The maximum Gasteiger partial charge on any atom is 0.264 e. The van der Waals surface area contributed by atoms with Gasteiger partial charge in [-0.25, -0.2) is 8.42 Å². The molecule has 7 nitrogen and oxygen atoms in total. The van der Waals surface area contributed by atoms with Gasteiger partial charge in [-0.2, -0.15) is 0 Å². The molecule has 0 atom stereocenters. The molecule has 3 rings (SSSR count). The molecule has 0 saturated heterocycles. The molecule has 0 aromatic heterocycles. The van der Waals surface area contributed by atoms with Crippen molar-refractivity contribution in [3.63, 3.8) is 0 Å². The fraction of sp³-hybridized carbons (Fsp3) is 0.345. The molecule has 0 unspecified atom stereocenters. The van der Waals surface area contributed by atoms with E-state index in [9.17, 15) is 13.2 Å². The smallest absolute Gasteiger partial charge is 0.264 e. The van der Waals surface area contributed by atoms with Crippen LogP contribution in [0.15, 0.2) is 71.6 Å². The van der Waals surface area contributed by atoms with Crippen molar-refractivity contribution in [1.29, 1.82) is 0 Å². The van der Waals surface area contributed by atoms with E-state index in [0.717, 1.165) is 33.2 Å². The Kier molecular flexibility index (Phi) is 9.58. The number of methoxy groups -OCH3 is 1. The van der Waals surface area contributed by atoms with Gasteiger partial charge in [0.25, 0.3) is 10.0 Å². The number of hydrogen-bond donors (Lipinski definition) is 1. The lowest BCUT2D eigenvalue weighted by Gasteiger charge is -2.26. The molecule has 1 amide bonds. The van der Waals surface area contributed by atoms with Gasteiger partial charge in [0.1, 0.15) is 18.0 Å². The van der Waals surface area contributed by atoms with Crippen LogP contribution in [-0.2, 0) is 21.2 Å². The predicted octanol–water partition coefficient (Wildman–Crippen LogP) is 5.04. The minimum atomic E-state index is -4.03. The lowest BCUT2D eigenvalue weighted by Crippen LogP contribution is -2.41. The van der Waals surface area contributed by atoms with E-state index in [1.54, 1.807) is 36.4 Å². The molecule has 198 valence electrons. The standard InChI is InChI=1S/C29H36N2O5S/c1-21(2)36-25-10-6-8-24(19-25)9-7-17-30-29(32)20-31(27-18-23(4)13-16-28(27)35-5)37(33,34)26-14-11-22(3)12-15-26/h6,8,10-16,18-19,21H,7,9,17,20H2,1-5H3,(H,30,32). The molecule has 3 aromatic rings. The Morgan fingerprint density at radius 1 is 0.973 bits per heavy atom. The van der Waals surface area contributed by atoms with Crippen LogP contribution in [0.1, 0.15) is 37.0 Å². The van der Waals surface area contributed by atoms with E-state index >= 15 is 0 Å². The van der Waals surface area contributed by atoms with Gasteiger partial charge in [0.2, 0.25) is 5.91 Å². The fourth-order valence-electron chi connectivity index (χ4n) is 3.89. The van der Waals surface area contributed by atoms with Crippen LogP contribution in [0.5, 0.6) is 11.5 Å². The van der Waals surface area contributed by atoms with Crippen molar-refractivity contribution in [2.75, 3.05) is 24.5 Å². The second kappa shape index (κ2) is 12.6. The van der Waals surface area contributed by atoms with E-state index < -0.39 is 15.9 Å². The van der Waals surface area contributed by atoms with Crippen LogP contribution in [0.2, 0.25) is 0 Å². The van der Waals surface area contributed by atoms with E-state index in [1.807, 2.05) is 58.0 Å². The molecule has 0 bridgehead atoms. The molecule has 0 aliphatic rings. The number of benzene rings is 3. The number of rotatable bonds is 12. The summed E-state index contributed by atoms with van der Waals surface area (Å²) in [7, 11) is -2.55. The van der Waals surface area contributed by atoms with Gasteiger partial charge in [0, 0.05) is 6.54 Å². The van der Waals surface area contributed by atoms with Crippen molar-refractivity contribution in [3.8, 4) is 11.5 Å². The van der Waals surface area contributed by atoms with E-state index in [-0.39, 0.29) is 17.5 Å². The number of aryl methyl sites for hydroxylation is 3. The quantitative estimate of drug-likeness (QED) is 0.336. The van der Waals surface area contributed by atoms with E-state index in [0.29, 0.717) is 24.4 Å². The van der Waals surface area contributed by atoms with Gasteiger partial charge in [-0.05, 0) is 88.1 Å². The Hall–Kier alpha value is -3.52. The van der Waals surface area contributed by atoms with Crippen molar-refractivity contribution >= 4 is 21.6 Å². The molecule has 0 aliphatic heterocycles. The molecule has 3 aromatic carbocycles. The summed E-state index contributed by atoms with van der Waals surface area (Å²) < 4.78 is 39.6. The zero-order valence-corrected chi connectivity index (χ0v) is 23.0. The molecule has 0 saturated carbocycles. The van der Waals surface area contributed by atoms with E-state index in [1.165, 1.54) is 7.11 Å². The third-order valence-electron chi connectivity index (χ3n) is 5.73. The van der Waals surface area contributed by atoms with Crippen LogP contribution in [-0.4, -0.2) is 40.6 Å². The molecule has 0 spiro atoms. The Morgan fingerprint density at radius 3 is 2.35 bits per heavy atom. The number of carbonyl (C=O) groups excluding carboxylic acids is 1. The molecule has 0 aliphatic carbocycles. The van der Waals surface area contributed by atoms with Gasteiger partial charge in [-0.3, -0.25) is 9.10 Å². The van der Waals surface area contributed by atoms with Gasteiger partial charge in [0.15, 0.2) is 0 Å². The SMILES string of the molecule is COc1ccc(C)cc1N(CC(=O)NCCCc1cccc(OC(C)C)c1)S(=O)(=O)c1ccc(C)cc1. The van der Waals surface area contributed by atoms with Crippen LogP contribution in [0.4, 0.5) is 5.69 Å². The summed E-state index contributed by atoms with van der Waals surface area (Å²) >= 11 is 0. The lowest BCUT2D eigenvalue weighted by atomic mass is 10.1. The van der Waals surface area contributed by atoms with E-state index in [4.69, 9.17) is 9.47 Å². The first-order chi connectivity index (χ1) is 17.6. The molecule has 0 fully saturated rings. The molecule has 0 radical (unpaired) electrons. The first kappa shape index (κ1) is 28.1. The van der Waals surface area contributed by atoms with Crippen molar-refractivity contribution in [1.82, 2.24) is 5.32 Å². The highest BCUT2D eigenvalue weighted by molar-refractivity contribution is 7.92. The maximum absolute atomic E-state index is 13.7. The molecular formula is C29H36N2O5S. The summed E-state index contributed by atoms with van der Waals surface area (Å²) in [5, 5.41) is 2.87. The summed E-state index contributed by atoms with van der Waals surface area (Å²) in [5.41, 5.74) is 3.22. The summed E-state index contributed by atoms with van der Waals surface area (Å²) in [4.78, 5) is 13.1. The van der Waals surface area contributed by atoms with Crippen LogP contribution < -0.4 is 19.1 Å². The van der Waals surface area contributed by atoms with Crippen molar-refractivity contribution < 1.29 is 22.7 Å². The van der Waals surface area contributed by atoms with Gasteiger partial charge in [-0.1, -0.05) is 35.9 Å². The van der Waals surface area contributed by atoms with Crippen molar-refractivity contribution in [2.45, 2.75) is 51.5 Å². The average molecular weight is 525 g/mol. The topological polar surface area (TPSA) is 84.9 Å². The number of nitrogens with one attached hydrogen (secondary N) is 1. The Labute approximate surface area is 220 Å². The Balaban J connectivity index is 1.73. The third kappa shape index (κ3) is 7.73. The normalized spacial score (nSPS) is 11.3. The number of nitrogens with zero attached hydrogens (tertiary/aromatic N) is 1. The molecular weight excluding hydrogens is 488 g/mol. The molecule has 1 N–H and O–H groups in total. The number of anilines is 1. The summed E-state index contributed by atoms with van der Waals surface area (Å²) in [6.45, 7) is 7.76. The van der Waals surface area contributed by atoms with Gasteiger partial charge in [-0.15, -0.1) is 0 Å². The highest BCUT2D eigenvalue weighted by Crippen LogP contribution is 2.33. The second-order valence-electron chi connectivity index (χ2n) is 9.27. The molecule has 8 heteroatoms. The number of amides is 1. The number of carbonyl (C=O) groups is 1. The first-order valence-electron chi connectivity index (χ1n) is 12.4. The average Bonchev–Trinajstić information content (AvgIpc) is 2.85. The zero-order chi connectivity index (χ0) is 27.0. The fourth-order valence-corrected chi connectivity index (χ4v) is 5.31. The summed E-state index contributed by atoms with van der Waals surface area (Å²) in [5.74, 6) is 0.800. The van der Waals surface area contributed by atoms with Gasteiger partial charge >= 0.3 is 0 Å². The predicted molar refractivity (Wildman–Crippen MR) is 147 cm³/mol. The van der Waals surface area contributed by atoms with Crippen molar-refractivity contribution in [2.24, 2.45) is 0 Å². The Bertz CT molecular complexity index is 1300. The largest absolute Gasteiger partial charge is 0.495 e.